The second-order valence-electron chi connectivity index (χ2n) is 4.15. The molecule has 0 aliphatic heterocycles. The first kappa shape index (κ1) is 14.2. The molecule has 1 amide bonds. The van der Waals surface area contributed by atoms with Crippen LogP contribution in [-0.2, 0) is 0 Å². The molecule has 0 atom stereocenters. The van der Waals surface area contributed by atoms with Crippen molar-refractivity contribution in [3.8, 4) is 6.07 Å². The number of nitriles is 1. The minimum Gasteiger partial charge on any atom is -0.311 e. The average Bonchev–Trinajstić information content (AvgIpc) is 2.48. The summed E-state index contributed by atoms with van der Waals surface area (Å²) in [5, 5.41) is 8.73. The molecule has 0 saturated carbocycles. The number of benzene rings is 2. The number of halogens is 2. The van der Waals surface area contributed by atoms with E-state index in [1.165, 1.54) is 17.0 Å². The molecule has 5 heteroatoms. The van der Waals surface area contributed by atoms with Crippen LogP contribution in [-0.4, -0.2) is 13.0 Å². The molecule has 0 spiro atoms. The molecule has 0 N–H and O–H groups in total. The van der Waals surface area contributed by atoms with Crippen molar-refractivity contribution in [3.63, 3.8) is 0 Å². The smallest absolute Gasteiger partial charge is 0.258 e. The summed E-state index contributed by atoms with van der Waals surface area (Å²) in [4.78, 5) is 13.6. The summed E-state index contributed by atoms with van der Waals surface area (Å²) in [5.41, 5.74) is 1.42. The summed E-state index contributed by atoms with van der Waals surface area (Å²) < 4.78 is 13.8. The fourth-order valence-electron chi connectivity index (χ4n) is 1.70. The zero-order chi connectivity index (χ0) is 14.7. The molecule has 20 heavy (non-hydrogen) atoms. The van der Waals surface area contributed by atoms with Crippen molar-refractivity contribution in [1.82, 2.24) is 0 Å². The third-order valence-corrected chi connectivity index (χ3v) is 3.50. The lowest BCUT2D eigenvalue weighted by Gasteiger charge is -2.17. The Kier molecular flexibility index (Phi) is 4.16. The number of nitrogens with zero attached hydrogens (tertiary/aromatic N) is 2. The summed E-state index contributed by atoms with van der Waals surface area (Å²) in [6, 6.07) is 12.8. The molecule has 2 aromatic carbocycles. The van der Waals surface area contributed by atoms with Crippen molar-refractivity contribution in [1.29, 1.82) is 5.26 Å². The molecule has 0 saturated heterocycles. The maximum atomic E-state index is 13.5. The molecule has 0 aliphatic rings. The highest BCUT2D eigenvalue weighted by Gasteiger charge is 2.15. The van der Waals surface area contributed by atoms with Gasteiger partial charge in [0.25, 0.3) is 5.91 Å². The first-order valence-electron chi connectivity index (χ1n) is 5.76. The fraction of sp³-hybridized carbons (Fsp3) is 0.0667. The third kappa shape index (κ3) is 2.86. The van der Waals surface area contributed by atoms with Crippen LogP contribution in [0.4, 0.5) is 10.1 Å². The molecule has 0 bridgehead atoms. The molecule has 0 heterocycles. The zero-order valence-electron chi connectivity index (χ0n) is 10.6. The van der Waals surface area contributed by atoms with Crippen molar-refractivity contribution in [3.05, 3.63) is 63.9 Å². The fourth-order valence-corrected chi connectivity index (χ4v) is 1.95. The summed E-state index contributed by atoms with van der Waals surface area (Å²) in [5.74, 6) is -0.801. The predicted molar refractivity (Wildman–Crippen MR) is 78.0 cm³/mol. The van der Waals surface area contributed by atoms with E-state index in [2.05, 4.69) is 15.9 Å². The highest BCUT2D eigenvalue weighted by atomic mass is 79.9. The second-order valence-corrected chi connectivity index (χ2v) is 5.01. The van der Waals surface area contributed by atoms with Crippen LogP contribution >= 0.6 is 15.9 Å². The van der Waals surface area contributed by atoms with Gasteiger partial charge in [0.05, 0.1) is 16.1 Å². The average molecular weight is 333 g/mol. The van der Waals surface area contributed by atoms with E-state index in [9.17, 15) is 9.18 Å². The topological polar surface area (TPSA) is 44.1 Å². The number of hydrogen-bond acceptors (Lipinski definition) is 2. The van der Waals surface area contributed by atoms with Crippen LogP contribution in [0.5, 0.6) is 0 Å². The van der Waals surface area contributed by atoms with Crippen LogP contribution in [0.15, 0.2) is 46.9 Å². The van der Waals surface area contributed by atoms with Gasteiger partial charge in [0.2, 0.25) is 0 Å². The van der Waals surface area contributed by atoms with Crippen LogP contribution < -0.4 is 4.90 Å². The Morgan fingerprint density at radius 2 is 1.90 bits per heavy atom. The van der Waals surface area contributed by atoms with Crippen LogP contribution in [0.1, 0.15) is 15.9 Å². The van der Waals surface area contributed by atoms with Crippen molar-refractivity contribution in [2.75, 3.05) is 11.9 Å². The molecule has 2 rings (SSSR count). The van der Waals surface area contributed by atoms with E-state index in [1.54, 1.807) is 37.4 Å². The van der Waals surface area contributed by atoms with E-state index in [-0.39, 0.29) is 11.5 Å². The number of anilines is 1. The van der Waals surface area contributed by atoms with Gasteiger partial charge in [-0.3, -0.25) is 4.79 Å². The summed E-state index contributed by atoms with van der Waals surface area (Å²) in [6.45, 7) is 0. The largest absolute Gasteiger partial charge is 0.311 e. The van der Waals surface area contributed by atoms with Crippen molar-refractivity contribution in [2.24, 2.45) is 0 Å². The third-order valence-electron chi connectivity index (χ3n) is 2.85. The molecule has 0 aliphatic carbocycles. The van der Waals surface area contributed by atoms with E-state index in [1.807, 2.05) is 6.07 Å². The van der Waals surface area contributed by atoms with Crippen molar-refractivity contribution in [2.45, 2.75) is 0 Å². The van der Waals surface area contributed by atoms with Gasteiger partial charge < -0.3 is 4.90 Å². The minimum absolute atomic E-state index is 0.262. The summed E-state index contributed by atoms with van der Waals surface area (Å²) in [7, 11) is 1.60. The van der Waals surface area contributed by atoms with Crippen molar-refractivity contribution >= 4 is 27.5 Å². The Morgan fingerprint density at radius 3 is 2.45 bits per heavy atom. The van der Waals surface area contributed by atoms with Crippen LogP contribution in [0.25, 0.3) is 0 Å². The Hall–Kier alpha value is -2.19. The van der Waals surface area contributed by atoms with Gasteiger partial charge >= 0.3 is 0 Å². The molecular weight excluding hydrogens is 323 g/mol. The molecule has 100 valence electrons. The van der Waals surface area contributed by atoms with E-state index in [0.717, 1.165) is 0 Å². The van der Waals surface area contributed by atoms with Crippen LogP contribution in [0.3, 0.4) is 0 Å². The van der Waals surface area contributed by atoms with Gasteiger partial charge in [-0.1, -0.05) is 0 Å². The maximum absolute atomic E-state index is 13.5. The van der Waals surface area contributed by atoms with Gasteiger partial charge in [-0.25, -0.2) is 4.39 Å². The van der Waals surface area contributed by atoms with Gasteiger partial charge in [-0.15, -0.1) is 0 Å². The SMILES string of the molecule is CN(C(=O)c1ccc(Br)c(F)c1)c1ccc(C#N)cc1. The Bertz CT molecular complexity index is 692. The van der Waals surface area contributed by atoms with E-state index >= 15 is 0 Å². The normalized spacial score (nSPS) is 9.90. The van der Waals surface area contributed by atoms with E-state index in [0.29, 0.717) is 15.7 Å². The number of hydrogen-bond donors (Lipinski definition) is 0. The van der Waals surface area contributed by atoms with Crippen LogP contribution in [0.2, 0.25) is 0 Å². The quantitative estimate of drug-likeness (QED) is 0.840. The molecule has 3 nitrogen and oxygen atoms in total. The standard InChI is InChI=1S/C15H10BrFN2O/c1-19(12-5-2-10(9-18)3-6-12)15(20)11-4-7-13(16)14(17)8-11/h2-8H,1H3. The van der Waals surface area contributed by atoms with E-state index in [4.69, 9.17) is 5.26 Å². The van der Waals surface area contributed by atoms with Crippen molar-refractivity contribution < 1.29 is 9.18 Å². The maximum Gasteiger partial charge on any atom is 0.258 e. The highest BCUT2D eigenvalue weighted by Crippen LogP contribution is 2.20. The summed E-state index contributed by atoms with van der Waals surface area (Å²) in [6.07, 6.45) is 0. The monoisotopic (exact) mass is 332 g/mol. The number of carbonyl (C=O) groups is 1. The Labute approximate surface area is 124 Å². The number of amides is 1. The molecule has 2 aromatic rings. The first-order chi connectivity index (χ1) is 9.52. The van der Waals surface area contributed by atoms with Gasteiger partial charge in [0, 0.05) is 18.3 Å². The van der Waals surface area contributed by atoms with Gasteiger partial charge in [0.15, 0.2) is 0 Å². The summed E-state index contributed by atoms with van der Waals surface area (Å²) >= 11 is 3.05. The lowest BCUT2D eigenvalue weighted by atomic mass is 10.1. The molecule has 0 fully saturated rings. The minimum atomic E-state index is -0.482. The first-order valence-corrected chi connectivity index (χ1v) is 6.55. The molecule has 0 radical (unpaired) electrons. The molecule has 0 unspecified atom stereocenters. The number of carbonyl (C=O) groups excluding carboxylic acids is 1. The Balaban J connectivity index is 2.27. The predicted octanol–water partition coefficient (Wildman–Crippen LogP) is 3.74. The van der Waals surface area contributed by atoms with E-state index < -0.39 is 5.82 Å². The lowest BCUT2D eigenvalue weighted by molar-refractivity contribution is 0.0992. The molecule has 0 aromatic heterocycles. The van der Waals surface area contributed by atoms with Gasteiger partial charge in [0.1, 0.15) is 5.82 Å². The number of rotatable bonds is 2. The second kappa shape index (κ2) is 5.85. The van der Waals surface area contributed by atoms with Gasteiger partial charge in [-0.05, 0) is 58.4 Å². The Morgan fingerprint density at radius 1 is 1.25 bits per heavy atom. The molecular formula is C15H10BrFN2O. The van der Waals surface area contributed by atoms with Gasteiger partial charge in [-0.2, -0.15) is 5.26 Å². The highest BCUT2D eigenvalue weighted by molar-refractivity contribution is 9.10. The zero-order valence-corrected chi connectivity index (χ0v) is 12.2. The van der Waals surface area contributed by atoms with Crippen LogP contribution in [0, 0.1) is 17.1 Å². The lowest BCUT2D eigenvalue weighted by Crippen LogP contribution is -2.26.